The molecule has 18 heavy (non-hydrogen) atoms. The summed E-state index contributed by atoms with van der Waals surface area (Å²) in [5, 5.41) is 4.31. The Morgan fingerprint density at radius 1 is 1.39 bits per heavy atom. The van der Waals surface area contributed by atoms with Crippen LogP contribution in [-0.4, -0.2) is 9.97 Å². The molecule has 0 aromatic carbocycles. The van der Waals surface area contributed by atoms with Crippen LogP contribution in [0.4, 0.5) is 19.0 Å². The molecule has 2 rings (SSSR count). The highest BCUT2D eigenvalue weighted by Crippen LogP contribution is 2.28. The van der Waals surface area contributed by atoms with Gasteiger partial charge in [0.05, 0.1) is 6.54 Å². The molecule has 0 aliphatic rings. The minimum absolute atomic E-state index is 0.108. The topological polar surface area (TPSA) is 57.8 Å². The van der Waals surface area contributed by atoms with Crippen molar-refractivity contribution in [3.8, 4) is 0 Å². The van der Waals surface area contributed by atoms with Crippen LogP contribution in [0.3, 0.4) is 0 Å². The van der Waals surface area contributed by atoms with E-state index in [2.05, 4.69) is 15.3 Å². The van der Waals surface area contributed by atoms with Gasteiger partial charge in [0, 0.05) is 11.1 Å². The van der Waals surface area contributed by atoms with E-state index in [1.54, 1.807) is 5.38 Å². The lowest BCUT2D eigenvalue weighted by Crippen LogP contribution is -2.10. The van der Waals surface area contributed by atoms with E-state index in [9.17, 15) is 18.0 Å². The lowest BCUT2D eigenvalue weighted by molar-refractivity contribution is -0.141. The number of halogens is 3. The highest BCUT2D eigenvalue weighted by Gasteiger charge is 2.32. The zero-order valence-corrected chi connectivity index (χ0v) is 9.73. The normalized spacial score (nSPS) is 11.5. The molecule has 96 valence electrons. The minimum atomic E-state index is -4.46. The fraction of sp³-hybridized carbons (Fsp3) is 0.200. The maximum Gasteiger partial charge on any atom is 0.433 e. The molecule has 8 heteroatoms. The number of thiazole rings is 1. The number of nitrogens with one attached hydrogen (secondary N) is 2. The predicted octanol–water partition coefficient (Wildman–Crippen LogP) is 2.46. The van der Waals surface area contributed by atoms with Gasteiger partial charge in [-0.25, -0.2) is 4.98 Å². The molecule has 0 fully saturated rings. The molecule has 0 saturated carbocycles. The zero-order chi connectivity index (χ0) is 13.2. The van der Waals surface area contributed by atoms with Gasteiger partial charge in [-0.15, -0.1) is 0 Å². The summed E-state index contributed by atoms with van der Waals surface area (Å²) < 4.78 is 37.2. The molecule has 0 aliphatic carbocycles. The van der Waals surface area contributed by atoms with Crippen LogP contribution in [0, 0.1) is 0 Å². The van der Waals surface area contributed by atoms with Crippen molar-refractivity contribution < 1.29 is 13.2 Å². The van der Waals surface area contributed by atoms with Crippen LogP contribution in [0.5, 0.6) is 0 Å². The quantitative estimate of drug-likeness (QED) is 0.904. The summed E-state index contributed by atoms with van der Waals surface area (Å²) in [7, 11) is 0. The molecular formula is C10H8F3N3OS. The van der Waals surface area contributed by atoms with Crippen LogP contribution in [0.1, 0.15) is 11.4 Å². The van der Waals surface area contributed by atoms with Crippen molar-refractivity contribution in [1.29, 1.82) is 0 Å². The molecule has 2 aromatic heterocycles. The van der Waals surface area contributed by atoms with Gasteiger partial charge < -0.3 is 10.3 Å². The monoisotopic (exact) mass is 275 g/mol. The third-order valence-electron chi connectivity index (χ3n) is 2.07. The first-order chi connectivity index (χ1) is 8.45. The third kappa shape index (κ3) is 3.10. The maximum atomic E-state index is 12.4. The second-order valence-electron chi connectivity index (χ2n) is 3.43. The Morgan fingerprint density at radius 2 is 2.17 bits per heavy atom. The van der Waals surface area contributed by atoms with Crippen molar-refractivity contribution in [3.05, 3.63) is 44.6 Å². The second kappa shape index (κ2) is 4.81. The molecule has 4 nitrogen and oxygen atoms in total. The summed E-state index contributed by atoms with van der Waals surface area (Å²) in [4.78, 5) is 16.6. The molecule has 0 bridgehead atoms. The highest BCUT2D eigenvalue weighted by atomic mass is 32.1. The molecular weight excluding hydrogens is 267 g/mol. The van der Waals surface area contributed by atoms with Crippen LogP contribution in [0.25, 0.3) is 0 Å². The average molecular weight is 275 g/mol. The first-order valence-electron chi connectivity index (χ1n) is 4.90. The Kier molecular flexibility index (Phi) is 3.37. The van der Waals surface area contributed by atoms with Crippen molar-refractivity contribution >= 4 is 17.2 Å². The van der Waals surface area contributed by atoms with Gasteiger partial charge in [-0.1, -0.05) is 17.4 Å². The number of anilines is 1. The molecule has 0 radical (unpaired) electrons. The largest absolute Gasteiger partial charge is 0.433 e. The summed E-state index contributed by atoms with van der Waals surface area (Å²) in [6.07, 6.45) is -4.46. The standard InChI is InChI=1S/C10H8F3N3OS/c11-10(12,13)7-2-1-3-8(16-7)14-4-6-5-18-9(17)15-6/h1-3,5H,4H2,(H,14,16)(H,15,17). The second-order valence-corrected chi connectivity index (χ2v) is 4.27. The number of aromatic nitrogens is 2. The molecule has 0 spiro atoms. The van der Waals surface area contributed by atoms with Gasteiger partial charge in [-0.05, 0) is 12.1 Å². The molecule has 0 atom stereocenters. The van der Waals surface area contributed by atoms with Gasteiger partial charge in [0.25, 0.3) is 0 Å². The van der Waals surface area contributed by atoms with E-state index in [1.807, 2.05) is 0 Å². The summed E-state index contributed by atoms with van der Waals surface area (Å²) >= 11 is 0.995. The first-order valence-corrected chi connectivity index (χ1v) is 5.78. The number of aromatic amines is 1. The van der Waals surface area contributed by atoms with Crippen molar-refractivity contribution in [2.24, 2.45) is 0 Å². The number of H-pyrrole nitrogens is 1. The molecule has 0 saturated heterocycles. The van der Waals surface area contributed by atoms with E-state index in [1.165, 1.54) is 12.1 Å². The van der Waals surface area contributed by atoms with E-state index in [0.717, 1.165) is 17.4 Å². The molecule has 2 heterocycles. The number of pyridine rings is 1. The van der Waals surface area contributed by atoms with E-state index in [-0.39, 0.29) is 17.2 Å². The third-order valence-corrected chi connectivity index (χ3v) is 2.79. The molecule has 0 amide bonds. The van der Waals surface area contributed by atoms with E-state index in [4.69, 9.17) is 0 Å². The Bertz CT molecular complexity index is 590. The Balaban J connectivity index is 2.08. The first kappa shape index (κ1) is 12.6. The van der Waals surface area contributed by atoms with E-state index in [0.29, 0.717) is 5.69 Å². The summed E-state index contributed by atoms with van der Waals surface area (Å²) in [5.74, 6) is 0.108. The fourth-order valence-corrected chi connectivity index (χ4v) is 1.86. The van der Waals surface area contributed by atoms with Crippen molar-refractivity contribution in [2.75, 3.05) is 5.32 Å². The van der Waals surface area contributed by atoms with Crippen molar-refractivity contribution in [2.45, 2.75) is 12.7 Å². The number of alkyl halides is 3. The number of hydrogen-bond donors (Lipinski definition) is 2. The van der Waals surface area contributed by atoms with Crippen LogP contribution >= 0.6 is 11.3 Å². The Labute approximate surface area is 104 Å². The lowest BCUT2D eigenvalue weighted by Gasteiger charge is -2.08. The van der Waals surface area contributed by atoms with E-state index >= 15 is 0 Å². The summed E-state index contributed by atoms with van der Waals surface area (Å²) in [6.45, 7) is 0.215. The smallest absolute Gasteiger partial charge is 0.364 e. The van der Waals surface area contributed by atoms with Gasteiger partial charge in [-0.2, -0.15) is 13.2 Å². The van der Waals surface area contributed by atoms with Crippen LogP contribution in [0.2, 0.25) is 0 Å². The lowest BCUT2D eigenvalue weighted by atomic mass is 10.3. The van der Waals surface area contributed by atoms with E-state index < -0.39 is 11.9 Å². The highest BCUT2D eigenvalue weighted by molar-refractivity contribution is 7.07. The SMILES string of the molecule is O=c1[nH]c(CNc2cccc(C(F)(F)F)n2)cs1. The average Bonchev–Trinajstić information content (AvgIpc) is 2.72. The van der Waals surface area contributed by atoms with Crippen LogP contribution in [0.15, 0.2) is 28.4 Å². The van der Waals surface area contributed by atoms with Crippen LogP contribution < -0.4 is 10.2 Å². The molecule has 0 aliphatic heterocycles. The van der Waals surface area contributed by atoms with Gasteiger partial charge in [-0.3, -0.25) is 4.79 Å². The maximum absolute atomic E-state index is 12.4. The minimum Gasteiger partial charge on any atom is -0.364 e. The Hall–Kier alpha value is -1.83. The van der Waals surface area contributed by atoms with Crippen molar-refractivity contribution in [3.63, 3.8) is 0 Å². The molecule has 2 aromatic rings. The summed E-state index contributed by atoms with van der Waals surface area (Å²) in [6, 6.07) is 3.60. The molecule has 0 unspecified atom stereocenters. The number of nitrogens with zero attached hydrogens (tertiary/aromatic N) is 1. The van der Waals surface area contributed by atoms with Gasteiger partial charge in [0.1, 0.15) is 11.5 Å². The van der Waals surface area contributed by atoms with Gasteiger partial charge in [0.15, 0.2) is 0 Å². The fourth-order valence-electron chi connectivity index (χ4n) is 1.28. The van der Waals surface area contributed by atoms with Gasteiger partial charge >= 0.3 is 11.0 Å². The predicted molar refractivity (Wildman–Crippen MR) is 61.5 cm³/mol. The van der Waals surface area contributed by atoms with Crippen molar-refractivity contribution in [1.82, 2.24) is 9.97 Å². The zero-order valence-electron chi connectivity index (χ0n) is 8.91. The number of rotatable bonds is 3. The molecule has 2 N–H and O–H groups in total. The number of hydrogen-bond acceptors (Lipinski definition) is 4. The van der Waals surface area contributed by atoms with Gasteiger partial charge in [0.2, 0.25) is 0 Å². The Morgan fingerprint density at radius 3 is 2.78 bits per heavy atom. The van der Waals surface area contributed by atoms with Crippen LogP contribution in [-0.2, 0) is 12.7 Å². The summed E-state index contributed by atoms with van der Waals surface area (Å²) in [5.41, 5.74) is -0.351.